The number of nitrogens with one attached hydrogen (secondary N) is 4. The van der Waals surface area contributed by atoms with Gasteiger partial charge in [0.15, 0.2) is 34.3 Å². The van der Waals surface area contributed by atoms with Gasteiger partial charge >= 0.3 is 6.09 Å². The third-order valence-electron chi connectivity index (χ3n) is 10.5. The predicted molar refractivity (Wildman–Crippen MR) is 224 cm³/mol. The van der Waals surface area contributed by atoms with Gasteiger partial charge in [0.05, 0.1) is 55.0 Å². The van der Waals surface area contributed by atoms with Gasteiger partial charge in [-0.15, -0.1) is 5.10 Å². The standard InChI is InChI=1S/C37H38BrF3N18O4/c1-18(32(60)47-23-15-58(13-21(23)40)35-49-29(28-31(51-35)54(2)17-43-28)46-24-14-55(3)53-33(24)62-4)16-63-37(61)57-9-7-56(8-10-57)36-50-30-19(38)11-44-59(30)34(52-36)42-12-25-45-22-6-5-20(39)26(41)27(22)48-25/h5-6,11,14,17,21,23H,1,7-10,12-13,15-16H2,2-4H3,(H,45,48)(H,47,60)(H,42,50,52)(H,46,49,51)/t21-,23-/m1/s1. The lowest BCUT2D eigenvalue weighted by Gasteiger charge is -2.34. The number of amides is 2. The highest BCUT2D eigenvalue weighted by atomic mass is 79.9. The number of nitrogens with zero attached hydrogens (tertiary/aromatic N) is 14. The lowest BCUT2D eigenvalue weighted by Crippen LogP contribution is -2.49. The molecule has 2 fully saturated rings. The maximum absolute atomic E-state index is 15.5. The molecule has 2 saturated heterocycles. The van der Waals surface area contributed by atoms with Crippen LogP contribution >= 0.6 is 15.9 Å². The molecule has 8 heterocycles. The van der Waals surface area contributed by atoms with E-state index in [9.17, 15) is 18.4 Å². The number of aromatic amines is 1. The lowest BCUT2D eigenvalue weighted by molar-refractivity contribution is -0.118. The number of piperazine rings is 1. The molecule has 9 rings (SSSR count). The van der Waals surface area contributed by atoms with E-state index in [1.807, 2.05) is 4.90 Å². The first-order valence-corrected chi connectivity index (χ1v) is 20.2. The van der Waals surface area contributed by atoms with Crippen LogP contribution in [0.5, 0.6) is 5.88 Å². The van der Waals surface area contributed by atoms with Crippen molar-refractivity contribution in [3.8, 4) is 5.88 Å². The van der Waals surface area contributed by atoms with Gasteiger partial charge in [0.1, 0.15) is 29.8 Å². The van der Waals surface area contributed by atoms with Gasteiger partial charge in [-0.05, 0) is 28.1 Å². The molecular formula is C37H38BrF3N18O4. The Morgan fingerprint density at radius 2 is 1.78 bits per heavy atom. The zero-order valence-corrected chi connectivity index (χ0v) is 35.4. The number of aryl methyl sites for hydroxylation is 2. The van der Waals surface area contributed by atoms with E-state index in [1.165, 1.54) is 22.6 Å². The molecule has 0 radical (unpaired) electrons. The van der Waals surface area contributed by atoms with Crippen molar-refractivity contribution in [2.45, 2.75) is 18.8 Å². The van der Waals surface area contributed by atoms with Gasteiger partial charge in [-0.25, -0.2) is 27.9 Å². The summed E-state index contributed by atoms with van der Waals surface area (Å²) < 4.78 is 59.7. The molecule has 26 heteroatoms. The SMILES string of the molecule is C=C(COC(=O)N1CCN(c2nc(NCc3nc4c(F)c(F)ccc4[nH]3)n3ncc(Br)c3n2)CC1)C(=O)N[C@@H]1CN(c2nc(Nc3cn(C)nc3OC)c3ncn(C)c3n2)C[C@H]1F. The Morgan fingerprint density at radius 1 is 1.00 bits per heavy atom. The van der Waals surface area contributed by atoms with Crippen LogP contribution in [0.4, 0.5) is 47.3 Å². The number of carbonyl (C=O) groups excluding carboxylic acids is 2. The van der Waals surface area contributed by atoms with Crippen LogP contribution < -0.4 is 30.5 Å². The Labute approximate surface area is 362 Å². The Balaban J connectivity index is 0.781. The first-order chi connectivity index (χ1) is 30.3. The fourth-order valence-corrected chi connectivity index (χ4v) is 7.54. The molecule has 0 bridgehead atoms. The molecule has 7 aromatic rings. The number of hydrogen-bond acceptors (Lipinski definition) is 16. The third kappa shape index (κ3) is 8.03. The second-order valence-electron chi connectivity index (χ2n) is 14.8. The van der Waals surface area contributed by atoms with Crippen LogP contribution in [0.2, 0.25) is 0 Å². The largest absolute Gasteiger partial charge is 0.478 e. The van der Waals surface area contributed by atoms with E-state index in [-0.39, 0.29) is 49.8 Å². The van der Waals surface area contributed by atoms with Gasteiger partial charge < -0.3 is 49.7 Å². The second kappa shape index (κ2) is 16.6. The van der Waals surface area contributed by atoms with Crippen LogP contribution in [-0.2, 0) is 30.2 Å². The highest BCUT2D eigenvalue weighted by Crippen LogP contribution is 2.31. The minimum atomic E-state index is -1.47. The summed E-state index contributed by atoms with van der Waals surface area (Å²) in [5, 5.41) is 17.6. The van der Waals surface area contributed by atoms with Crippen molar-refractivity contribution in [1.29, 1.82) is 0 Å². The maximum atomic E-state index is 15.5. The lowest BCUT2D eigenvalue weighted by atomic mass is 10.2. The minimum Gasteiger partial charge on any atom is -0.478 e. The normalized spacial score (nSPS) is 16.7. The van der Waals surface area contributed by atoms with Crippen molar-refractivity contribution in [2.75, 3.05) is 73.4 Å². The van der Waals surface area contributed by atoms with Crippen molar-refractivity contribution < 1.29 is 32.2 Å². The average Bonchev–Trinajstić information content (AvgIpc) is 4.12. The number of halogens is 4. The zero-order valence-electron chi connectivity index (χ0n) is 33.8. The Morgan fingerprint density at radius 3 is 2.57 bits per heavy atom. The summed E-state index contributed by atoms with van der Waals surface area (Å²) in [6.07, 6.45) is 2.75. The molecule has 0 saturated carbocycles. The number of methoxy groups -OCH3 is 1. The summed E-state index contributed by atoms with van der Waals surface area (Å²) in [4.78, 5) is 61.4. The number of fused-ring (bicyclic) bond motifs is 3. The summed E-state index contributed by atoms with van der Waals surface area (Å²) in [6, 6.07) is 1.50. The van der Waals surface area contributed by atoms with Gasteiger partial charge in [-0.1, -0.05) is 6.58 Å². The van der Waals surface area contributed by atoms with Crippen LogP contribution in [0.1, 0.15) is 5.82 Å². The number of rotatable bonds is 12. The molecule has 2 aliphatic rings. The van der Waals surface area contributed by atoms with E-state index >= 15 is 4.39 Å². The van der Waals surface area contributed by atoms with Crippen LogP contribution in [0.3, 0.4) is 0 Å². The molecule has 2 amide bonds. The Bertz CT molecular complexity index is 2910. The topological polar surface area (TPSA) is 232 Å². The molecule has 2 atom stereocenters. The van der Waals surface area contributed by atoms with E-state index in [4.69, 9.17) is 9.47 Å². The minimum absolute atomic E-state index is 0.0558. The van der Waals surface area contributed by atoms with Crippen LogP contribution in [-0.4, -0.2) is 141 Å². The van der Waals surface area contributed by atoms with Crippen molar-refractivity contribution in [1.82, 2.24) is 69.1 Å². The number of anilines is 5. The first kappa shape index (κ1) is 41.1. The van der Waals surface area contributed by atoms with Gasteiger partial charge in [0.25, 0.3) is 5.88 Å². The summed E-state index contributed by atoms with van der Waals surface area (Å²) in [5.74, 6) is -0.778. The molecule has 22 nitrogen and oxygen atoms in total. The quantitative estimate of drug-likeness (QED) is 0.129. The number of ether oxygens (including phenoxy) is 2. The highest BCUT2D eigenvalue weighted by Gasteiger charge is 2.36. The fourth-order valence-electron chi connectivity index (χ4n) is 7.20. The highest BCUT2D eigenvalue weighted by molar-refractivity contribution is 9.10. The van der Waals surface area contributed by atoms with Gasteiger partial charge in [0, 0.05) is 52.4 Å². The summed E-state index contributed by atoms with van der Waals surface area (Å²) in [7, 11) is 5.03. The molecule has 0 spiro atoms. The van der Waals surface area contributed by atoms with E-state index in [1.54, 1.807) is 47.0 Å². The number of alkyl halides is 1. The molecule has 0 unspecified atom stereocenters. The Hall–Kier alpha value is -7.25. The molecule has 63 heavy (non-hydrogen) atoms. The van der Waals surface area contributed by atoms with E-state index in [2.05, 4.69) is 83.5 Å². The summed E-state index contributed by atoms with van der Waals surface area (Å²) >= 11 is 3.47. The average molecular weight is 936 g/mol. The number of hydrogen-bond donors (Lipinski definition) is 4. The summed E-state index contributed by atoms with van der Waals surface area (Å²) in [5.41, 5.74) is 2.16. The molecule has 1 aromatic carbocycles. The molecule has 4 N–H and O–H groups in total. The fraction of sp³-hybridized carbons (Fsp3) is 0.351. The smallest absolute Gasteiger partial charge is 0.410 e. The molecule has 6 aromatic heterocycles. The molecular weight excluding hydrogens is 897 g/mol. The van der Waals surface area contributed by atoms with Gasteiger partial charge in [-0.3, -0.25) is 9.48 Å². The number of carbonyl (C=O) groups is 2. The van der Waals surface area contributed by atoms with Crippen LogP contribution in [0.15, 0.2) is 47.5 Å². The van der Waals surface area contributed by atoms with Crippen molar-refractivity contribution >= 4 is 85.1 Å². The van der Waals surface area contributed by atoms with Gasteiger partial charge in [0.2, 0.25) is 23.8 Å². The van der Waals surface area contributed by atoms with Crippen molar-refractivity contribution in [3.63, 3.8) is 0 Å². The van der Waals surface area contributed by atoms with Gasteiger partial charge in [-0.2, -0.15) is 29.5 Å². The molecule has 0 aliphatic carbocycles. The maximum Gasteiger partial charge on any atom is 0.410 e. The molecule has 2 aliphatic heterocycles. The summed E-state index contributed by atoms with van der Waals surface area (Å²) in [6.45, 7) is 4.58. The monoisotopic (exact) mass is 934 g/mol. The predicted octanol–water partition coefficient (Wildman–Crippen LogP) is 2.97. The van der Waals surface area contributed by atoms with E-state index in [0.29, 0.717) is 75.0 Å². The second-order valence-corrected chi connectivity index (χ2v) is 15.6. The number of H-pyrrole nitrogens is 1. The molecule has 328 valence electrons. The number of benzene rings is 1. The van der Waals surface area contributed by atoms with E-state index in [0.717, 1.165) is 6.07 Å². The zero-order chi connectivity index (χ0) is 44.1. The Kier molecular flexibility index (Phi) is 10.8. The number of imidazole rings is 2. The third-order valence-corrected chi connectivity index (χ3v) is 11.0. The van der Waals surface area contributed by atoms with Crippen molar-refractivity contribution in [3.05, 3.63) is 64.9 Å². The van der Waals surface area contributed by atoms with Crippen molar-refractivity contribution in [2.24, 2.45) is 14.1 Å². The van der Waals surface area contributed by atoms with Crippen LogP contribution in [0.25, 0.3) is 27.8 Å². The first-order valence-electron chi connectivity index (χ1n) is 19.4. The number of aromatic nitrogens is 12. The van der Waals surface area contributed by atoms with E-state index < -0.39 is 42.5 Å². The van der Waals surface area contributed by atoms with Crippen LogP contribution in [0, 0.1) is 11.6 Å².